The van der Waals surface area contributed by atoms with E-state index in [1.54, 1.807) is 0 Å². The molecule has 0 aromatic rings. The zero-order chi connectivity index (χ0) is 12.1. The zero-order valence-corrected chi connectivity index (χ0v) is 11.3. The van der Waals surface area contributed by atoms with E-state index in [0.717, 1.165) is 32.7 Å². The molecule has 0 radical (unpaired) electrons. The largest absolute Gasteiger partial charge is 0.377 e. The fourth-order valence-corrected chi connectivity index (χ4v) is 4.29. The molecule has 2 aliphatic heterocycles. The first kappa shape index (κ1) is 11.9. The first-order chi connectivity index (χ1) is 8.00. The molecule has 0 aromatic carbocycles. The summed E-state index contributed by atoms with van der Waals surface area (Å²) >= 11 is 0. The molecule has 0 bridgehead atoms. The summed E-state index contributed by atoms with van der Waals surface area (Å²) in [5.41, 5.74) is 0.249. The van der Waals surface area contributed by atoms with Crippen LogP contribution in [0, 0.1) is 10.8 Å². The molecule has 98 valence electrons. The van der Waals surface area contributed by atoms with E-state index in [9.17, 15) is 0 Å². The van der Waals surface area contributed by atoms with Gasteiger partial charge in [-0.3, -0.25) is 0 Å². The van der Waals surface area contributed by atoms with Gasteiger partial charge in [0.2, 0.25) is 0 Å². The van der Waals surface area contributed by atoms with E-state index in [1.165, 1.54) is 12.8 Å². The summed E-state index contributed by atoms with van der Waals surface area (Å²) in [6, 6.07) is 0. The van der Waals surface area contributed by atoms with Gasteiger partial charge in [-0.05, 0) is 24.7 Å². The number of fused-ring (bicyclic) bond motifs is 1. The molecular formula is C14H24O3. The maximum Gasteiger partial charge on any atom is 0.176 e. The Morgan fingerprint density at radius 3 is 2.29 bits per heavy atom. The van der Waals surface area contributed by atoms with Crippen molar-refractivity contribution >= 4 is 0 Å². The molecule has 17 heavy (non-hydrogen) atoms. The van der Waals surface area contributed by atoms with Crippen molar-refractivity contribution in [3.63, 3.8) is 0 Å². The molecule has 3 heteroatoms. The van der Waals surface area contributed by atoms with Gasteiger partial charge in [-0.15, -0.1) is 0 Å². The van der Waals surface area contributed by atoms with E-state index in [2.05, 4.69) is 20.8 Å². The second-order valence-corrected chi connectivity index (χ2v) is 6.68. The highest BCUT2D eigenvalue weighted by Crippen LogP contribution is 2.58. The van der Waals surface area contributed by atoms with Crippen molar-refractivity contribution in [2.24, 2.45) is 10.8 Å². The molecule has 1 saturated carbocycles. The second-order valence-electron chi connectivity index (χ2n) is 6.68. The first-order valence-corrected chi connectivity index (χ1v) is 6.90. The number of rotatable bonds is 0. The molecule has 3 nitrogen and oxygen atoms in total. The normalized spacial score (nSPS) is 43.6. The van der Waals surface area contributed by atoms with Crippen LogP contribution in [0.3, 0.4) is 0 Å². The summed E-state index contributed by atoms with van der Waals surface area (Å²) in [4.78, 5) is 0. The summed E-state index contributed by atoms with van der Waals surface area (Å²) in [6.07, 6.45) is 4.89. The summed E-state index contributed by atoms with van der Waals surface area (Å²) in [5, 5.41) is 0. The van der Waals surface area contributed by atoms with Gasteiger partial charge in [0.15, 0.2) is 5.79 Å². The van der Waals surface area contributed by atoms with Gasteiger partial charge >= 0.3 is 0 Å². The molecule has 3 aliphatic rings. The maximum absolute atomic E-state index is 6.13. The van der Waals surface area contributed by atoms with Crippen LogP contribution in [-0.2, 0) is 14.2 Å². The van der Waals surface area contributed by atoms with Gasteiger partial charge in [-0.25, -0.2) is 0 Å². The van der Waals surface area contributed by atoms with Crippen molar-refractivity contribution in [2.45, 2.75) is 58.3 Å². The molecule has 3 fully saturated rings. The first-order valence-electron chi connectivity index (χ1n) is 6.90. The van der Waals surface area contributed by atoms with Gasteiger partial charge in [0.25, 0.3) is 0 Å². The lowest BCUT2D eigenvalue weighted by Crippen LogP contribution is -2.63. The van der Waals surface area contributed by atoms with E-state index in [1.807, 2.05) is 0 Å². The quantitative estimate of drug-likeness (QED) is 0.651. The number of hydrogen-bond acceptors (Lipinski definition) is 3. The van der Waals surface area contributed by atoms with Crippen LogP contribution in [0.1, 0.15) is 46.5 Å². The Labute approximate surface area is 104 Å². The Hall–Kier alpha value is -0.120. The van der Waals surface area contributed by atoms with Crippen LogP contribution < -0.4 is 0 Å². The summed E-state index contributed by atoms with van der Waals surface area (Å²) in [5.74, 6) is -0.394. The summed E-state index contributed by atoms with van der Waals surface area (Å²) < 4.78 is 18.1. The minimum atomic E-state index is -0.394. The molecular weight excluding hydrogens is 216 g/mol. The average molecular weight is 240 g/mol. The predicted octanol–water partition coefficient (Wildman–Crippen LogP) is 2.73. The van der Waals surface area contributed by atoms with E-state index >= 15 is 0 Å². The fraction of sp³-hybridized carbons (Fsp3) is 1.00. The Bertz CT molecular complexity index is 307. The minimum absolute atomic E-state index is 0.0586. The van der Waals surface area contributed by atoms with Gasteiger partial charge in [0.05, 0.1) is 19.3 Å². The van der Waals surface area contributed by atoms with Crippen LogP contribution >= 0.6 is 0 Å². The third kappa shape index (κ3) is 1.52. The molecule has 2 heterocycles. The molecule has 0 N–H and O–H groups in total. The van der Waals surface area contributed by atoms with Crippen molar-refractivity contribution in [1.82, 2.24) is 0 Å². The van der Waals surface area contributed by atoms with Gasteiger partial charge in [0.1, 0.15) is 0 Å². The number of ether oxygens (including phenoxy) is 3. The zero-order valence-electron chi connectivity index (χ0n) is 11.3. The van der Waals surface area contributed by atoms with Crippen molar-refractivity contribution in [1.29, 1.82) is 0 Å². The molecule has 1 aliphatic carbocycles. The van der Waals surface area contributed by atoms with E-state index in [0.29, 0.717) is 5.41 Å². The fourth-order valence-electron chi connectivity index (χ4n) is 4.29. The van der Waals surface area contributed by atoms with Gasteiger partial charge in [-0.1, -0.05) is 20.8 Å². The molecule has 2 saturated heterocycles. The van der Waals surface area contributed by atoms with E-state index in [4.69, 9.17) is 14.2 Å². The van der Waals surface area contributed by atoms with Gasteiger partial charge < -0.3 is 14.2 Å². The lowest BCUT2D eigenvalue weighted by molar-refractivity contribution is -0.312. The molecule has 3 rings (SSSR count). The molecule has 2 unspecified atom stereocenters. The van der Waals surface area contributed by atoms with Crippen LogP contribution in [0.15, 0.2) is 0 Å². The topological polar surface area (TPSA) is 27.7 Å². The SMILES string of the molecule is CC12CCCOC1C(C)(C)C1(CC2)OCCO1. The lowest BCUT2D eigenvalue weighted by Gasteiger charge is -2.59. The highest BCUT2D eigenvalue weighted by Gasteiger charge is 2.63. The van der Waals surface area contributed by atoms with E-state index in [-0.39, 0.29) is 11.5 Å². The molecule has 2 atom stereocenters. The molecule has 0 amide bonds. The van der Waals surface area contributed by atoms with Gasteiger partial charge in [0, 0.05) is 18.4 Å². The van der Waals surface area contributed by atoms with Crippen molar-refractivity contribution in [3.05, 3.63) is 0 Å². The summed E-state index contributed by atoms with van der Waals surface area (Å²) in [6.45, 7) is 9.23. The smallest absolute Gasteiger partial charge is 0.176 e. The van der Waals surface area contributed by atoms with Crippen LogP contribution in [0.25, 0.3) is 0 Å². The predicted molar refractivity (Wildman–Crippen MR) is 64.7 cm³/mol. The molecule has 0 aromatic heterocycles. The summed E-state index contributed by atoms with van der Waals surface area (Å²) in [7, 11) is 0. The Morgan fingerprint density at radius 1 is 0.882 bits per heavy atom. The van der Waals surface area contributed by atoms with Crippen LogP contribution in [-0.4, -0.2) is 31.7 Å². The Morgan fingerprint density at radius 2 is 1.59 bits per heavy atom. The van der Waals surface area contributed by atoms with Crippen molar-refractivity contribution in [3.8, 4) is 0 Å². The Balaban J connectivity index is 1.94. The Kier molecular flexibility index (Phi) is 2.59. The van der Waals surface area contributed by atoms with Gasteiger partial charge in [-0.2, -0.15) is 0 Å². The monoisotopic (exact) mass is 240 g/mol. The van der Waals surface area contributed by atoms with Crippen LogP contribution in [0.2, 0.25) is 0 Å². The number of hydrogen-bond donors (Lipinski definition) is 0. The van der Waals surface area contributed by atoms with Crippen molar-refractivity contribution in [2.75, 3.05) is 19.8 Å². The maximum atomic E-state index is 6.13. The third-order valence-electron chi connectivity index (χ3n) is 5.23. The standard InChI is InChI=1S/C14H24O3/c1-12(2)11-13(3,5-4-8-15-11)6-7-14(12)16-9-10-17-14/h11H,4-10H2,1-3H3. The second kappa shape index (κ2) is 3.69. The van der Waals surface area contributed by atoms with Crippen LogP contribution in [0.5, 0.6) is 0 Å². The highest BCUT2D eigenvalue weighted by atomic mass is 16.7. The minimum Gasteiger partial charge on any atom is -0.377 e. The van der Waals surface area contributed by atoms with E-state index < -0.39 is 5.79 Å². The lowest BCUT2D eigenvalue weighted by atomic mass is 9.56. The van der Waals surface area contributed by atoms with Crippen LogP contribution in [0.4, 0.5) is 0 Å². The third-order valence-corrected chi connectivity index (χ3v) is 5.23. The van der Waals surface area contributed by atoms with Crippen molar-refractivity contribution < 1.29 is 14.2 Å². The highest BCUT2D eigenvalue weighted by molar-refractivity contribution is 5.07. The molecule has 1 spiro atoms. The average Bonchev–Trinajstić information content (AvgIpc) is 2.75.